The van der Waals surface area contributed by atoms with Gasteiger partial charge in [-0.2, -0.15) is 0 Å². The summed E-state index contributed by atoms with van der Waals surface area (Å²) >= 11 is 0. The van der Waals surface area contributed by atoms with Crippen molar-refractivity contribution in [2.75, 3.05) is 36.0 Å². The van der Waals surface area contributed by atoms with E-state index in [1.807, 2.05) is 60.7 Å². The summed E-state index contributed by atoms with van der Waals surface area (Å²) in [6.45, 7) is 3.07. The highest BCUT2D eigenvalue weighted by atomic mass is 16.2. The maximum Gasteiger partial charge on any atom is 0.251 e. The molecule has 0 N–H and O–H groups in total. The third-order valence-corrected chi connectivity index (χ3v) is 5.86. The number of nitrogens with zero attached hydrogens (tertiary/aromatic N) is 4. The summed E-state index contributed by atoms with van der Waals surface area (Å²) in [5.74, 6) is 0.722. The Morgan fingerprint density at radius 3 is 2.38 bits per heavy atom. The van der Waals surface area contributed by atoms with Crippen LogP contribution in [0.3, 0.4) is 0 Å². The molecule has 0 spiro atoms. The highest BCUT2D eigenvalue weighted by Gasteiger charge is 2.43. The number of carbonyl (C=O) groups excluding carboxylic acids is 2. The van der Waals surface area contributed by atoms with Gasteiger partial charge in [-0.05, 0) is 23.6 Å². The lowest BCUT2D eigenvalue weighted by Gasteiger charge is -2.37. The topological polar surface area (TPSA) is 56.8 Å². The second-order valence-corrected chi connectivity index (χ2v) is 7.50. The molecular formula is C23H22N4O2. The summed E-state index contributed by atoms with van der Waals surface area (Å²) < 4.78 is 0. The van der Waals surface area contributed by atoms with E-state index in [0.717, 1.165) is 42.8 Å². The minimum absolute atomic E-state index is 0.113. The number of benzene rings is 2. The van der Waals surface area contributed by atoms with Crippen LogP contribution in [0.1, 0.15) is 6.42 Å². The number of hydrogen-bond donors (Lipinski definition) is 0. The number of pyridine rings is 1. The van der Waals surface area contributed by atoms with Crippen LogP contribution in [0.5, 0.6) is 0 Å². The molecule has 1 unspecified atom stereocenters. The van der Waals surface area contributed by atoms with Gasteiger partial charge in [0.1, 0.15) is 5.82 Å². The third-order valence-electron chi connectivity index (χ3n) is 5.86. The number of hydrogen-bond acceptors (Lipinski definition) is 5. The Balaban J connectivity index is 1.35. The fourth-order valence-electron chi connectivity index (χ4n) is 4.36. The van der Waals surface area contributed by atoms with Crippen LogP contribution in [0.2, 0.25) is 0 Å². The van der Waals surface area contributed by atoms with Gasteiger partial charge in [-0.3, -0.25) is 14.5 Å². The molecule has 2 aliphatic rings. The lowest BCUT2D eigenvalue weighted by Crippen LogP contribution is -2.52. The molecule has 1 atom stereocenters. The van der Waals surface area contributed by atoms with Crippen molar-refractivity contribution >= 4 is 34.1 Å². The molecule has 5 rings (SSSR count). The van der Waals surface area contributed by atoms with Crippen molar-refractivity contribution in [3.8, 4) is 0 Å². The van der Waals surface area contributed by atoms with Gasteiger partial charge in [0.15, 0.2) is 0 Å². The van der Waals surface area contributed by atoms with Gasteiger partial charge in [0.2, 0.25) is 5.91 Å². The zero-order valence-electron chi connectivity index (χ0n) is 16.1. The Morgan fingerprint density at radius 1 is 0.828 bits per heavy atom. The van der Waals surface area contributed by atoms with Gasteiger partial charge >= 0.3 is 0 Å². The molecule has 0 bridgehead atoms. The number of amides is 2. The van der Waals surface area contributed by atoms with E-state index in [-0.39, 0.29) is 24.3 Å². The predicted octanol–water partition coefficient (Wildman–Crippen LogP) is 2.69. The standard InChI is InChI=1S/C23H22N4O2/c28-22-16-20(25-12-14-26(15-13-25)21-10-3-4-11-24-21)23(29)27(22)19-9-5-7-17-6-1-2-8-18(17)19/h1-11,20H,12-16H2. The zero-order chi connectivity index (χ0) is 19.8. The number of fused-ring (bicyclic) bond motifs is 1. The van der Waals surface area contributed by atoms with Gasteiger partial charge in [-0.15, -0.1) is 0 Å². The molecule has 29 heavy (non-hydrogen) atoms. The molecule has 2 aliphatic heterocycles. The number of imide groups is 1. The number of carbonyl (C=O) groups is 2. The molecule has 1 aromatic heterocycles. The maximum atomic E-state index is 13.2. The van der Waals surface area contributed by atoms with E-state index in [0.29, 0.717) is 5.69 Å². The monoisotopic (exact) mass is 386 g/mol. The van der Waals surface area contributed by atoms with Crippen LogP contribution in [-0.4, -0.2) is 53.9 Å². The molecule has 3 aromatic rings. The molecule has 146 valence electrons. The first-order valence-electron chi connectivity index (χ1n) is 9.97. The van der Waals surface area contributed by atoms with Gasteiger partial charge < -0.3 is 4.90 Å². The Labute approximate surface area is 169 Å². The van der Waals surface area contributed by atoms with Crippen molar-refractivity contribution < 1.29 is 9.59 Å². The Morgan fingerprint density at radius 2 is 1.59 bits per heavy atom. The lowest BCUT2D eigenvalue weighted by atomic mass is 10.1. The number of anilines is 2. The lowest BCUT2D eigenvalue weighted by molar-refractivity contribution is -0.123. The van der Waals surface area contributed by atoms with E-state index in [4.69, 9.17) is 0 Å². The normalized spacial score (nSPS) is 20.6. The summed E-state index contributed by atoms with van der Waals surface area (Å²) in [4.78, 5) is 36.2. The molecule has 2 aromatic carbocycles. The molecule has 2 fully saturated rings. The van der Waals surface area contributed by atoms with Crippen molar-refractivity contribution in [2.24, 2.45) is 0 Å². The van der Waals surface area contributed by atoms with Crippen molar-refractivity contribution in [3.63, 3.8) is 0 Å². The van der Waals surface area contributed by atoms with Crippen LogP contribution in [0.4, 0.5) is 11.5 Å². The van der Waals surface area contributed by atoms with Crippen LogP contribution in [0.15, 0.2) is 66.9 Å². The van der Waals surface area contributed by atoms with Crippen molar-refractivity contribution in [1.82, 2.24) is 9.88 Å². The van der Waals surface area contributed by atoms with Crippen molar-refractivity contribution in [1.29, 1.82) is 0 Å². The van der Waals surface area contributed by atoms with Gasteiger partial charge in [-0.1, -0.05) is 42.5 Å². The second kappa shape index (κ2) is 7.29. The molecule has 6 nitrogen and oxygen atoms in total. The minimum atomic E-state index is -0.382. The summed E-state index contributed by atoms with van der Waals surface area (Å²) in [6, 6.07) is 19.1. The fraction of sp³-hybridized carbons (Fsp3) is 0.261. The van der Waals surface area contributed by atoms with E-state index in [1.165, 1.54) is 4.90 Å². The first kappa shape index (κ1) is 17.8. The van der Waals surface area contributed by atoms with Crippen LogP contribution in [0.25, 0.3) is 10.8 Å². The van der Waals surface area contributed by atoms with E-state index < -0.39 is 0 Å². The fourth-order valence-corrected chi connectivity index (χ4v) is 4.36. The number of rotatable bonds is 3. The average Bonchev–Trinajstić information content (AvgIpc) is 3.08. The van der Waals surface area contributed by atoms with Gasteiger partial charge in [-0.25, -0.2) is 9.88 Å². The number of aromatic nitrogens is 1. The average molecular weight is 386 g/mol. The van der Waals surface area contributed by atoms with E-state index in [2.05, 4.69) is 14.8 Å². The van der Waals surface area contributed by atoms with E-state index in [1.54, 1.807) is 6.20 Å². The maximum absolute atomic E-state index is 13.2. The third kappa shape index (κ3) is 3.15. The molecule has 2 saturated heterocycles. The summed E-state index contributed by atoms with van der Waals surface area (Å²) in [5.41, 5.74) is 0.688. The Kier molecular flexibility index (Phi) is 4.48. The second-order valence-electron chi connectivity index (χ2n) is 7.50. The zero-order valence-corrected chi connectivity index (χ0v) is 16.1. The van der Waals surface area contributed by atoms with Crippen LogP contribution >= 0.6 is 0 Å². The quantitative estimate of drug-likeness (QED) is 0.648. The first-order valence-corrected chi connectivity index (χ1v) is 9.97. The summed E-state index contributed by atoms with van der Waals surface area (Å²) in [5, 5.41) is 1.95. The van der Waals surface area contributed by atoms with Gasteiger partial charge in [0.25, 0.3) is 5.91 Å². The molecule has 6 heteroatoms. The number of piperazine rings is 1. The molecule has 0 radical (unpaired) electrons. The first-order chi connectivity index (χ1) is 14.2. The predicted molar refractivity (Wildman–Crippen MR) is 113 cm³/mol. The van der Waals surface area contributed by atoms with Crippen LogP contribution in [-0.2, 0) is 9.59 Å². The van der Waals surface area contributed by atoms with Crippen LogP contribution < -0.4 is 9.80 Å². The highest BCUT2D eigenvalue weighted by Crippen LogP contribution is 2.32. The molecule has 3 heterocycles. The van der Waals surface area contributed by atoms with Crippen LogP contribution in [0, 0.1) is 0 Å². The van der Waals surface area contributed by atoms with Gasteiger partial charge in [0.05, 0.1) is 18.2 Å². The SMILES string of the molecule is O=C1CC(N2CCN(c3ccccn3)CC2)C(=O)N1c1cccc2ccccc12. The molecule has 0 aliphatic carbocycles. The van der Waals surface area contributed by atoms with E-state index >= 15 is 0 Å². The van der Waals surface area contributed by atoms with E-state index in [9.17, 15) is 9.59 Å². The minimum Gasteiger partial charge on any atom is -0.354 e. The Bertz CT molecular complexity index is 1060. The van der Waals surface area contributed by atoms with Crippen molar-refractivity contribution in [3.05, 3.63) is 66.9 Å². The van der Waals surface area contributed by atoms with Crippen molar-refractivity contribution in [2.45, 2.75) is 12.5 Å². The smallest absolute Gasteiger partial charge is 0.251 e. The summed E-state index contributed by atoms with van der Waals surface area (Å²) in [7, 11) is 0. The Hall–Kier alpha value is -3.25. The molecule has 2 amide bonds. The molecule has 0 saturated carbocycles. The van der Waals surface area contributed by atoms with Gasteiger partial charge in [0, 0.05) is 37.8 Å². The largest absolute Gasteiger partial charge is 0.354 e. The molecular weight excluding hydrogens is 364 g/mol. The highest BCUT2D eigenvalue weighted by molar-refractivity contribution is 6.25. The summed E-state index contributed by atoms with van der Waals surface area (Å²) in [6.07, 6.45) is 2.04.